The highest BCUT2D eigenvalue weighted by Gasteiger charge is 2.04. The molecule has 0 N–H and O–H groups in total. The number of nitrogens with zero attached hydrogens (tertiary/aromatic N) is 1. The molecule has 106 valence electrons. The van der Waals surface area contributed by atoms with Gasteiger partial charge < -0.3 is 9.64 Å². The van der Waals surface area contributed by atoms with Crippen LogP contribution in [0.1, 0.15) is 11.1 Å². The van der Waals surface area contributed by atoms with Crippen molar-refractivity contribution in [2.75, 3.05) is 27.2 Å². The summed E-state index contributed by atoms with van der Waals surface area (Å²) in [6.07, 6.45) is 0.894. The van der Waals surface area contributed by atoms with Gasteiger partial charge in [-0.3, -0.25) is 0 Å². The summed E-state index contributed by atoms with van der Waals surface area (Å²) in [4.78, 5) is 2.12. The Bertz CT molecular complexity index is 537. The van der Waals surface area contributed by atoms with Crippen molar-refractivity contribution in [3.8, 4) is 5.75 Å². The van der Waals surface area contributed by atoms with Crippen LogP contribution in [0.4, 0.5) is 0 Å². The fourth-order valence-electron chi connectivity index (χ4n) is 1.95. The Labute approximate surface area is 129 Å². The van der Waals surface area contributed by atoms with Crippen LogP contribution in [0.25, 0.3) is 0 Å². The van der Waals surface area contributed by atoms with Gasteiger partial charge in [-0.15, -0.1) is 0 Å². The van der Waals surface area contributed by atoms with Crippen molar-refractivity contribution in [1.29, 1.82) is 0 Å². The van der Waals surface area contributed by atoms with Crippen LogP contribution in [-0.2, 0) is 6.42 Å². The van der Waals surface area contributed by atoms with E-state index in [0.29, 0.717) is 6.61 Å². The second-order valence-corrected chi connectivity index (χ2v) is 5.98. The van der Waals surface area contributed by atoms with E-state index in [1.165, 1.54) is 11.1 Å². The Kier molecular flexibility index (Phi) is 5.62. The standard InChI is InChI=1S/C17H20BrNO/c1-19(2)11-12-20-17-6-4-3-5-15(17)13-14-7-9-16(18)10-8-14/h3-10H,11-13H2,1-2H3. The van der Waals surface area contributed by atoms with Gasteiger partial charge in [-0.25, -0.2) is 0 Å². The zero-order valence-electron chi connectivity index (χ0n) is 12.0. The molecule has 0 spiro atoms. The van der Waals surface area contributed by atoms with E-state index in [9.17, 15) is 0 Å². The fourth-order valence-corrected chi connectivity index (χ4v) is 2.22. The molecule has 0 aliphatic heterocycles. The molecule has 0 aromatic heterocycles. The SMILES string of the molecule is CN(C)CCOc1ccccc1Cc1ccc(Br)cc1. The van der Waals surface area contributed by atoms with Crippen LogP contribution >= 0.6 is 15.9 Å². The first-order chi connectivity index (χ1) is 9.65. The van der Waals surface area contributed by atoms with Crippen molar-refractivity contribution >= 4 is 15.9 Å². The van der Waals surface area contributed by atoms with Gasteiger partial charge in [0.05, 0.1) is 0 Å². The highest BCUT2D eigenvalue weighted by atomic mass is 79.9. The van der Waals surface area contributed by atoms with Crippen molar-refractivity contribution in [1.82, 2.24) is 4.90 Å². The minimum atomic E-state index is 0.713. The molecule has 20 heavy (non-hydrogen) atoms. The van der Waals surface area contributed by atoms with Crippen LogP contribution in [0, 0.1) is 0 Å². The van der Waals surface area contributed by atoms with Gasteiger partial charge >= 0.3 is 0 Å². The number of hydrogen-bond acceptors (Lipinski definition) is 2. The van der Waals surface area contributed by atoms with Gasteiger partial charge in [-0.2, -0.15) is 0 Å². The van der Waals surface area contributed by atoms with Crippen LogP contribution < -0.4 is 4.74 Å². The number of para-hydroxylation sites is 1. The first kappa shape index (κ1) is 15.1. The second-order valence-electron chi connectivity index (χ2n) is 5.06. The molecular weight excluding hydrogens is 314 g/mol. The molecule has 0 aliphatic rings. The minimum Gasteiger partial charge on any atom is -0.492 e. The van der Waals surface area contributed by atoms with Crippen LogP contribution in [0.15, 0.2) is 53.0 Å². The third kappa shape index (κ3) is 4.66. The Balaban J connectivity index is 2.05. The third-order valence-corrected chi connectivity index (χ3v) is 3.61. The summed E-state index contributed by atoms with van der Waals surface area (Å²) in [7, 11) is 4.11. The van der Waals surface area contributed by atoms with Gasteiger partial charge in [0.15, 0.2) is 0 Å². The van der Waals surface area contributed by atoms with E-state index < -0.39 is 0 Å². The van der Waals surface area contributed by atoms with Crippen LogP contribution in [0.5, 0.6) is 5.75 Å². The zero-order valence-corrected chi connectivity index (χ0v) is 13.6. The first-order valence-corrected chi connectivity index (χ1v) is 7.54. The van der Waals surface area contributed by atoms with Crippen molar-refractivity contribution < 1.29 is 4.74 Å². The maximum absolute atomic E-state index is 5.89. The molecule has 3 heteroatoms. The van der Waals surface area contributed by atoms with Gasteiger partial charge in [0.25, 0.3) is 0 Å². The molecule has 0 amide bonds. The molecule has 0 unspecified atom stereocenters. The molecule has 2 nitrogen and oxygen atoms in total. The zero-order chi connectivity index (χ0) is 14.4. The smallest absolute Gasteiger partial charge is 0.122 e. The number of halogens is 1. The van der Waals surface area contributed by atoms with Gasteiger partial charge in [0.2, 0.25) is 0 Å². The highest BCUT2D eigenvalue weighted by molar-refractivity contribution is 9.10. The van der Waals surface area contributed by atoms with E-state index in [0.717, 1.165) is 23.2 Å². The molecule has 2 rings (SSSR count). The van der Waals surface area contributed by atoms with E-state index in [-0.39, 0.29) is 0 Å². The summed E-state index contributed by atoms with van der Waals surface area (Å²) >= 11 is 3.46. The van der Waals surface area contributed by atoms with E-state index in [1.807, 2.05) is 12.1 Å². The van der Waals surface area contributed by atoms with Crippen molar-refractivity contribution in [3.05, 3.63) is 64.1 Å². The van der Waals surface area contributed by atoms with Gasteiger partial charge in [-0.1, -0.05) is 46.3 Å². The van der Waals surface area contributed by atoms with E-state index in [1.54, 1.807) is 0 Å². The Morgan fingerprint density at radius 1 is 1.00 bits per heavy atom. The molecule has 0 heterocycles. The lowest BCUT2D eigenvalue weighted by molar-refractivity contribution is 0.260. The fraction of sp³-hybridized carbons (Fsp3) is 0.294. The lowest BCUT2D eigenvalue weighted by Crippen LogP contribution is -2.19. The molecule has 0 aliphatic carbocycles. The third-order valence-electron chi connectivity index (χ3n) is 3.08. The normalized spacial score (nSPS) is 10.8. The summed E-state index contributed by atoms with van der Waals surface area (Å²) in [5, 5.41) is 0. The van der Waals surface area contributed by atoms with Crippen LogP contribution in [-0.4, -0.2) is 32.1 Å². The average Bonchev–Trinajstić information content (AvgIpc) is 2.43. The molecule has 0 atom stereocenters. The maximum atomic E-state index is 5.89. The monoisotopic (exact) mass is 333 g/mol. The highest BCUT2D eigenvalue weighted by Crippen LogP contribution is 2.22. The van der Waals surface area contributed by atoms with E-state index in [2.05, 4.69) is 71.3 Å². The topological polar surface area (TPSA) is 12.5 Å². The van der Waals surface area contributed by atoms with Crippen molar-refractivity contribution in [2.24, 2.45) is 0 Å². The summed E-state index contributed by atoms with van der Waals surface area (Å²) in [6, 6.07) is 16.7. The number of benzene rings is 2. The summed E-state index contributed by atoms with van der Waals surface area (Å²) in [5.74, 6) is 0.984. The van der Waals surface area contributed by atoms with E-state index >= 15 is 0 Å². The van der Waals surface area contributed by atoms with Crippen molar-refractivity contribution in [2.45, 2.75) is 6.42 Å². The van der Waals surface area contributed by atoms with E-state index in [4.69, 9.17) is 4.74 Å². The average molecular weight is 334 g/mol. The Morgan fingerprint density at radius 2 is 1.70 bits per heavy atom. The molecule has 0 saturated heterocycles. The molecule has 0 fully saturated rings. The Hall–Kier alpha value is -1.32. The number of rotatable bonds is 6. The van der Waals surface area contributed by atoms with Gasteiger partial charge in [0.1, 0.15) is 12.4 Å². The van der Waals surface area contributed by atoms with Gasteiger partial charge in [-0.05, 0) is 43.4 Å². The maximum Gasteiger partial charge on any atom is 0.122 e. The van der Waals surface area contributed by atoms with Crippen molar-refractivity contribution in [3.63, 3.8) is 0 Å². The molecule has 0 saturated carbocycles. The quantitative estimate of drug-likeness (QED) is 0.792. The number of likely N-dealkylation sites (N-methyl/N-ethyl adjacent to an activating group) is 1. The second kappa shape index (κ2) is 7.46. The molecular formula is C17H20BrNO. The predicted octanol–water partition coefficient (Wildman–Crippen LogP) is 3.98. The lowest BCUT2D eigenvalue weighted by Gasteiger charge is -2.14. The Morgan fingerprint density at radius 3 is 2.40 bits per heavy atom. The van der Waals surface area contributed by atoms with Crippen LogP contribution in [0.2, 0.25) is 0 Å². The predicted molar refractivity (Wildman–Crippen MR) is 87.4 cm³/mol. The van der Waals surface area contributed by atoms with Gasteiger partial charge in [0, 0.05) is 17.4 Å². The summed E-state index contributed by atoms with van der Waals surface area (Å²) in [6.45, 7) is 1.64. The summed E-state index contributed by atoms with van der Waals surface area (Å²) in [5.41, 5.74) is 2.52. The number of ether oxygens (including phenoxy) is 1. The van der Waals surface area contributed by atoms with Crippen LogP contribution in [0.3, 0.4) is 0 Å². The minimum absolute atomic E-state index is 0.713. The first-order valence-electron chi connectivity index (χ1n) is 6.75. The largest absolute Gasteiger partial charge is 0.492 e. The molecule has 0 bridgehead atoms. The molecule has 0 radical (unpaired) electrons. The molecule has 2 aromatic rings. The lowest BCUT2D eigenvalue weighted by atomic mass is 10.0. The number of hydrogen-bond donors (Lipinski definition) is 0. The molecule has 2 aromatic carbocycles. The summed E-state index contributed by atoms with van der Waals surface area (Å²) < 4.78 is 7.00.